The molecule has 0 spiro atoms. The molecule has 0 radical (unpaired) electrons. The Morgan fingerprint density at radius 1 is 1.29 bits per heavy atom. The maximum absolute atomic E-state index is 11.3. The van der Waals surface area contributed by atoms with Gasteiger partial charge < -0.3 is 25.4 Å². The van der Waals surface area contributed by atoms with Crippen LogP contribution in [0.25, 0.3) is 0 Å². The number of hydrogen-bond donors (Lipinski definition) is 4. The van der Waals surface area contributed by atoms with Gasteiger partial charge in [0.15, 0.2) is 0 Å². The topological polar surface area (TPSA) is 99.0 Å². The minimum atomic E-state index is -1.25. The van der Waals surface area contributed by atoms with Crippen LogP contribution < -0.4 is 5.32 Å². The van der Waals surface area contributed by atoms with Gasteiger partial charge in [0.2, 0.25) is 5.91 Å². The number of amides is 1. The van der Waals surface area contributed by atoms with Crippen LogP contribution in [0.1, 0.15) is 6.92 Å². The number of ether oxygens (including phenoxy) is 1. The molecule has 1 aromatic carbocycles. The molecule has 7 heteroatoms. The molecule has 1 aromatic rings. The third kappa shape index (κ3) is 3.96. The molecular weight excluding hydrogens is 294 g/mol. The van der Waals surface area contributed by atoms with Crippen LogP contribution in [-0.4, -0.2) is 57.6 Å². The lowest BCUT2D eigenvalue weighted by atomic mass is 9.98. The summed E-state index contributed by atoms with van der Waals surface area (Å²) < 4.78 is 5.62. The molecule has 1 aliphatic heterocycles. The Labute approximate surface area is 127 Å². The van der Waals surface area contributed by atoms with Gasteiger partial charge in [-0.2, -0.15) is 0 Å². The van der Waals surface area contributed by atoms with E-state index in [1.54, 1.807) is 0 Å². The predicted molar refractivity (Wildman–Crippen MR) is 77.7 cm³/mol. The van der Waals surface area contributed by atoms with E-state index in [4.69, 9.17) is 4.74 Å². The fourth-order valence-corrected chi connectivity index (χ4v) is 3.36. The average Bonchev–Trinajstić information content (AvgIpc) is 2.47. The average molecular weight is 313 g/mol. The molecule has 2 rings (SSSR count). The van der Waals surface area contributed by atoms with Crippen molar-refractivity contribution in [3.05, 3.63) is 30.3 Å². The summed E-state index contributed by atoms with van der Waals surface area (Å²) >= 11 is 1.32. The van der Waals surface area contributed by atoms with E-state index < -0.39 is 36.4 Å². The van der Waals surface area contributed by atoms with Gasteiger partial charge >= 0.3 is 0 Å². The number of aliphatic hydroxyl groups excluding tert-OH is 3. The zero-order chi connectivity index (χ0) is 15.4. The zero-order valence-electron chi connectivity index (χ0n) is 11.5. The molecule has 4 N–H and O–H groups in total. The third-order valence-corrected chi connectivity index (χ3v) is 4.43. The number of aliphatic hydroxyl groups is 3. The van der Waals surface area contributed by atoms with Crippen molar-refractivity contribution in [3.8, 4) is 0 Å². The lowest BCUT2D eigenvalue weighted by Gasteiger charge is -2.42. The molecule has 116 valence electrons. The summed E-state index contributed by atoms with van der Waals surface area (Å²) in [5.41, 5.74) is -0.605. The largest absolute Gasteiger partial charge is 0.394 e. The van der Waals surface area contributed by atoms with E-state index in [-0.39, 0.29) is 5.91 Å². The number of rotatable bonds is 4. The minimum Gasteiger partial charge on any atom is -0.394 e. The van der Waals surface area contributed by atoms with E-state index in [0.717, 1.165) is 4.90 Å². The molecule has 1 fully saturated rings. The van der Waals surface area contributed by atoms with Crippen LogP contribution in [0.2, 0.25) is 0 Å². The summed E-state index contributed by atoms with van der Waals surface area (Å²) in [6, 6.07) is 8.62. The first-order valence-corrected chi connectivity index (χ1v) is 7.52. The normalized spacial score (nSPS) is 32.7. The highest BCUT2D eigenvalue weighted by molar-refractivity contribution is 7.99. The molecule has 0 aromatic heterocycles. The van der Waals surface area contributed by atoms with Crippen molar-refractivity contribution in [2.75, 3.05) is 6.61 Å². The maximum Gasteiger partial charge on any atom is 0.217 e. The SMILES string of the molecule is CC(=O)N[C@H]1[C@@H](O)[C@@H](O)[C@@H](CO)O[C@H]1Sc1ccccc1. The third-order valence-electron chi connectivity index (χ3n) is 3.25. The van der Waals surface area contributed by atoms with E-state index in [1.807, 2.05) is 30.3 Å². The van der Waals surface area contributed by atoms with Gasteiger partial charge in [-0.05, 0) is 12.1 Å². The maximum atomic E-state index is 11.3. The van der Waals surface area contributed by atoms with Gasteiger partial charge in [-0.3, -0.25) is 4.79 Å². The van der Waals surface area contributed by atoms with Crippen LogP contribution >= 0.6 is 11.8 Å². The molecule has 1 saturated heterocycles. The molecule has 0 unspecified atom stereocenters. The van der Waals surface area contributed by atoms with Crippen molar-refractivity contribution in [2.45, 2.75) is 41.6 Å². The lowest BCUT2D eigenvalue weighted by molar-refractivity contribution is -0.173. The Kier molecular flexibility index (Phi) is 5.60. The summed E-state index contributed by atoms with van der Waals surface area (Å²) in [7, 11) is 0. The number of benzene rings is 1. The van der Waals surface area contributed by atoms with Crippen LogP contribution in [-0.2, 0) is 9.53 Å². The minimum absolute atomic E-state index is 0.323. The van der Waals surface area contributed by atoms with Crippen LogP contribution in [0.3, 0.4) is 0 Å². The highest BCUT2D eigenvalue weighted by Gasteiger charge is 2.44. The van der Waals surface area contributed by atoms with Gasteiger partial charge in [0.1, 0.15) is 23.7 Å². The molecule has 0 aliphatic carbocycles. The first-order chi connectivity index (χ1) is 10.0. The number of nitrogens with one attached hydrogen (secondary N) is 1. The molecule has 21 heavy (non-hydrogen) atoms. The monoisotopic (exact) mass is 313 g/mol. The lowest BCUT2D eigenvalue weighted by Crippen LogP contribution is -2.63. The molecular formula is C14H19NO5S. The smallest absolute Gasteiger partial charge is 0.217 e. The van der Waals surface area contributed by atoms with E-state index >= 15 is 0 Å². The second-order valence-corrected chi connectivity index (χ2v) is 6.04. The summed E-state index contributed by atoms with van der Waals surface area (Å²) in [6.07, 6.45) is -3.34. The van der Waals surface area contributed by atoms with Gasteiger partial charge in [0, 0.05) is 11.8 Å². The second-order valence-electron chi connectivity index (χ2n) is 4.86. The van der Waals surface area contributed by atoms with Crippen molar-refractivity contribution in [1.29, 1.82) is 0 Å². The van der Waals surface area contributed by atoms with Crippen molar-refractivity contribution in [2.24, 2.45) is 0 Å². The summed E-state index contributed by atoms with van der Waals surface area (Å²) in [4.78, 5) is 12.2. The first-order valence-electron chi connectivity index (χ1n) is 6.64. The Bertz CT molecular complexity index is 472. The first kappa shape index (κ1) is 16.3. The number of thioether (sulfide) groups is 1. The van der Waals surface area contributed by atoms with E-state index in [2.05, 4.69) is 5.32 Å². The van der Waals surface area contributed by atoms with E-state index in [1.165, 1.54) is 18.7 Å². The quantitative estimate of drug-likeness (QED) is 0.610. The van der Waals surface area contributed by atoms with Crippen LogP contribution in [0.5, 0.6) is 0 Å². The van der Waals surface area contributed by atoms with Gasteiger partial charge in [-0.1, -0.05) is 30.0 Å². The predicted octanol–water partition coefficient (Wildman–Crippen LogP) is -0.278. The highest BCUT2D eigenvalue weighted by atomic mass is 32.2. The molecule has 6 nitrogen and oxygen atoms in total. The fourth-order valence-electron chi connectivity index (χ4n) is 2.20. The molecule has 5 atom stereocenters. The van der Waals surface area contributed by atoms with Crippen molar-refractivity contribution in [1.82, 2.24) is 5.32 Å². The molecule has 1 amide bonds. The molecule has 1 heterocycles. The van der Waals surface area contributed by atoms with Crippen molar-refractivity contribution >= 4 is 17.7 Å². The summed E-state index contributed by atoms with van der Waals surface area (Å²) in [5.74, 6) is -0.323. The van der Waals surface area contributed by atoms with Gasteiger partial charge in [-0.15, -0.1) is 0 Å². The molecule has 1 aliphatic rings. The van der Waals surface area contributed by atoms with Gasteiger partial charge in [-0.25, -0.2) is 0 Å². The van der Waals surface area contributed by atoms with Crippen LogP contribution in [0.4, 0.5) is 0 Å². The molecule has 0 bridgehead atoms. The Morgan fingerprint density at radius 3 is 2.52 bits per heavy atom. The molecule has 0 saturated carbocycles. The summed E-state index contributed by atoms with van der Waals surface area (Å²) in [6.45, 7) is 0.929. The zero-order valence-corrected chi connectivity index (χ0v) is 12.4. The standard InChI is InChI=1S/C14H19NO5S/c1-8(17)15-11-13(19)12(18)10(7-16)20-14(11)21-9-5-3-2-4-6-9/h2-6,10-14,16,18-19H,7H2,1H3,(H,15,17)/t10-,11+,12+,13-,14+/m1/s1. The van der Waals surface area contributed by atoms with Gasteiger partial charge in [0.05, 0.1) is 12.6 Å². The summed E-state index contributed by atoms with van der Waals surface area (Å²) in [5, 5.41) is 31.9. The second kappa shape index (κ2) is 7.24. The Balaban J connectivity index is 2.18. The van der Waals surface area contributed by atoms with Crippen molar-refractivity contribution in [3.63, 3.8) is 0 Å². The fraction of sp³-hybridized carbons (Fsp3) is 0.500. The Hall–Kier alpha value is -1.12. The van der Waals surface area contributed by atoms with Gasteiger partial charge in [0.25, 0.3) is 0 Å². The number of hydrogen-bond acceptors (Lipinski definition) is 6. The Morgan fingerprint density at radius 2 is 1.95 bits per heavy atom. The highest BCUT2D eigenvalue weighted by Crippen LogP contribution is 2.33. The van der Waals surface area contributed by atoms with Crippen LogP contribution in [0.15, 0.2) is 35.2 Å². The van der Waals surface area contributed by atoms with E-state index in [9.17, 15) is 20.1 Å². The van der Waals surface area contributed by atoms with Crippen molar-refractivity contribution < 1.29 is 24.9 Å². The van der Waals surface area contributed by atoms with Crippen LogP contribution in [0, 0.1) is 0 Å². The van der Waals surface area contributed by atoms with E-state index in [0.29, 0.717) is 0 Å². The number of carbonyl (C=O) groups excluding carboxylic acids is 1. The number of carbonyl (C=O) groups is 1.